The smallest absolute Gasteiger partial charge is 0.422 e. The fourth-order valence-electron chi connectivity index (χ4n) is 2.47. The lowest BCUT2D eigenvalue weighted by molar-refractivity contribution is -0.153. The van der Waals surface area contributed by atoms with Crippen molar-refractivity contribution in [1.82, 2.24) is 20.4 Å². The highest BCUT2D eigenvalue weighted by molar-refractivity contribution is 14.0. The Hall–Kier alpha value is -1.98. The van der Waals surface area contributed by atoms with Gasteiger partial charge in [-0.15, -0.1) is 24.0 Å². The maximum absolute atomic E-state index is 12.5. The Labute approximate surface area is 185 Å². The molecule has 1 heterocycles. The van der Waals surface area contributed by atoms with E-state index in [-0.39, 0.29) is 36.3 Å². The summed E-state index contributed by atoms with van der Waals surface area (Å²) < 4.78 is 44.3. The third kappa shape index (κ3) is 9.86. The number of hydrogen-bond acceptors (Lipinski definition) is 3. The van der Waals surface area contributed by atoms with Gasteiger partial charge in [0.15, 0.2) is 12.6 Å². The number of benzene rings is 1. The van der Waals surface area contributed by atoms with Crippen molar-refractivity contribution in [2.75, 3.05) is 19.7 Å². The molecule has 0 aliphatic rings. The Morgan fingerprint density at radius 1 is 1.28 bits per heavy atom. The van der Waals surface area contributed by atoms with Crippen LogP contribution in [0.3, 0.4) is 0 Å². The number of hydrogen-bond donors (Lipinski definition) is 2. The Morgan fingerprint density at radius 2 is 2.07 bits per heavy atom. The van der Waals surface area contributed by atoms with Crippen molar-refractivity contribution in [2.24, 2.45) is 4.99 Å². The normalized spacial score (nSPS) is 11.7. The van der Waals surface area contributed by atoms with Gasteiger partial charge >= 0.3 is 6.18 Å². The van der Waals surface area contributed by atoms with Gasteiger partial charge in [0.05, 0.1) is 6.54 Å². The van der Waals surface area contributed by atoms with Crippen molar-refractivity contribution < 1.29 is 17.9 Å². The molecule has 0 aliphatic heterocycles. The molecule has 0 atom stereocenters. The first-order chi connectivity index (χ1) is 13.4. The van der Waals surface area contributed by atoms with E-state index >= 15 is 0 Å². The Bertz CT molecular complexity index is 751. The number of halogens is 4. The molecule has 2 aromatic rings. The van der Waals surface area contributed by atoms with Crippen LogP contribution in [-0.4, -0.2) is 41.6 Å². The fraction of sp³-hybridized carbons (Fsp3) is 0.474. The molecule has 0 amide bonds. The fourth-order valence-corrected chi connectivity index (χ4v) is 2.47. The van der Waals surface area contributed by atoms with Crippen LogP contribution in [0.1, 0.15) is 24.5 Å². The number of guanidine groups is 1. The molecule has 0 bridgehead atoms. The highest BCUT2D eigenvalue weighted by atomic mass is 127. The average molecular weight is 525 g/mol. The molecule has 0 fully saturated rings. The number of alkyl halides is 3. The summed E-state index contributed by atoms with van der Waals surface area (Å²) in [5.41, 5.74) is 1.43. The molecule has 6 nitrogen and oxygen atoms in total. The molecule has 2 N–H and O–H groups in total. The van der Waals surface area contributed by atoms with Crippen molar-refractivity contribution in [3.8, 4) is 5.75 Å². The molecule has 2 rings (SSSR count). The van der Waals surface area contributed by atoms with Crippen LogP contribution >= 0.6 is 24.0 Å². The molecule has 0 saturated heterocycles. The zero-order chi connectivity index (χ0) is 20.4. The summed E-state index contributed by atoms with van der Waals surface area (Å²) in [6, 6.07) is 7.04. The summed E-state index contributed by atoms with van der Waals surface area (Å²) in [7, 11) is 0. The standard InChI is InChI=1S/C19H26F3N5O.HI/c1-3-23-18(24-8-4-10-27-11-5-9-26-27)25-13-16-7-6-15(2)12-17(16)28-14-19(20,21)22;/h5-7,9,11-12H,3-4,8,10,13-14H2,1-2H3,(H2,23,24,25);1H. The monoisotopic (exact) mass is 525 g/mol. The van der Waals surface area contributed by atoms with Crippen LogP contribution < -0.4 is 15.4 Å². The maximum Gasteiger partial charge on any atom is 0.422 e. The molecule has 1 aromatic carbocycles. The second-order valence-electron chi connectivity index (χ2n) is 6.26. The zero-order valence-corrected chi connectivity index (χ0v) is 18.8. The minimum Gasteiger partial charge on any atom is -0.484 e. The van der Waals surface area contributed by atoms with Gasteiger partial charge in [-0.05, 0) is 38.0 Å². The van der Waals surface area contributed by atoms with Gasteiger partial charge in [-0.3, -0.25) is 4.68 Å². The van der Waals surface area contributed by atoms with Crippen LogP contribution in [0.2, 0.25) is 0 Å². The van der Waals surface area contributed by atoms with E-state index in [1.165, 1.54) is 0 Å². The molecule has 0 radical (unpaired) electrons. The number of nitrogens with zero attached hydrogens (tertiary/aromatic N) is 3. The topological polar surface area (TPSA) is 63.5 Å². The van der Waals surface area contributed by atoms with Crippen LogP contribution in [0.15, 0.2) is 41.7 Å². The number of ether oxygens (including phenoxy) is 1. The van der Waals surface area contributed by atoms with Crippen LogP contribution in [0.25, 0.3) is 0 Å². The Kier molecular flexibility index (Phi) is 10.8. The highest BCUT2D eigenvalue weighted by Crippen LogP contribution is 2.24. The molecule has 0 unspecified atom stereocenters. The van der Waals surface area contributed by atoms with Crippen LogP contribution in [0.5, 0.6) is 5.75 Å². The third-order valence-corrected chi connectivity index (χ3v) is 3.78. The van der Waals surface area contributed by atoms with E-state index in [1.54, 1.807) is 25.3 Å². The molecule has 162 valence electrons. The van der Waals surface area contributed by atoms with Crippen molar-refractivity contribution in [1.29, 1.82) is 0 Å². The van der Waals surface area contributed by atoms with Gasteiger partial charge in [-0.25, -0.2) is 4.99 Å². The highest BCUT2D eigenvalue weighted by Gasteiger charge is 2.28. The quantitative estimate of drug-likeness (QED) is 0.226. The van der Waals surface area contributed by atoms with E-state index in [0.29, 0.717) is 24.6 Å². The first-order valence-corrected chi connectivity index (χ1v) is 9.16. The molecule has 0 spiro atoms. The number of aryl methyl sites for hydroxylation is 2. The molecule has 0 aliphatic carbocycles. The second kappa shape index (κ2) is 12.6. The van der Waals surface area contributed by atoms with Gasteiger partial charge in [0.25, 0.3) is 0 Å². The van der Waals surface area contributed by atoms with E-state index in [1.807, 2.05) is 29.9 Å². The summed E-state index contributed by atoms with van der Waals surface area (Å²) in [6.07, 6.45) is 0.115. The minimum absolute atomic E-state index is 0. The molecule has 0 saturated carbocycles. The van der Waals surface area contributed by atoms with Crippen molar-refractivity contribution in [3.63, 3.8) is 0 Å². The van der Waals surface area contributed by atoms with Gasteiger partial charge < -0.3 is 15.4 Å². The minimum atomic E-state index is -4.38. The first-order valence-electron chi connectivity index (χ1n) is 9.16. The van der Waals surface area contributed by atoms with Gasteiger partial charge in [0.2, 0.25) is 0 Å². The lowest BCUT2D eigenvalue weighted by Crippen LogP contribution is -2.38. The summed E-state index contributed by atoms with van der Waals surface area (Å²) in [5.74, 6) is 0.806. The largest absolute Gasteiger partial charge is 0.484 e. The second-order valence-corrected chi connectivity index (χ2v) is 6.26. The summed E-state index contributed by atoms with van der Waals surface area (Å²) in [6.45, 7) is 4.80. The van der Waals surface area contributed by atoms with Crippen molar-refractivity contribution in [3.05, 3.63) is 47.8 Å². The SMILES string of the molecule is CCNC(=NCc1ccc(C)cc1OCC(F)(F)F)NCCCn1cccn1.I. The summed E-state index contributed by atoms with van der Waals surface area (Å²) in [4.78, 5) is 4.46. The van der Waals surface area contributed by atoms with Crippen molar-refractivity contribution >= 4 is 29.9 Å². The number of aliphatic imine (C=N–C) groups is 1. The first kappa shape index (κ1) is 25.1. The van der Waals surface area contributed by atoms with Crippen LogP contribution in [0, 0.1) is 6.92 Å². The predicted octanol–water partition coefficient (Wildman–Crippen LogP) is 3.90. The molecular formula is C19H27F3IN5O. The lowest BCUT2D eigenvalue weighted by Gasteiger charge is -2.14. The maximum atomic E-state index is 12.5. The number of aromatic nitrogens is 2. The number of rotatable bonds is 9. The van der Waals surface area contributed by atoms with E-state index in [9.17, 15) is 13.2 Å². The average Bonchev–Trinajstić information content (AvgIpc) is 3.15. The molecule has 10 heteroatoms. The van der Waals surface area contributed by atoms with Gasteiger partial charge in [0, 0.05) is 37.6 Å². The molecule has 1 aromatic heterocycles. The van der Waals surface area contributed by atoms with Crippen LogP contribution in [-0.2, 0) is 13.1 Å². The van der Waals surface area contributed by atoms with Crippen LogP contribution in [0.4, 0.5) is 13.2 Å². The molecule has 29 heavy (non-hydrogen) atoms. The summed E-state index contributed by atoms with van der Waals surface area (Å²) in [5, 5.41) is 10.5. The Morgan fingerprint density at radius 3 is 2.72 bits per heavy atom. The van der Waals surface area contributed by atoms with E-state index in [4.69, 9.17) is 4.74 Å². The van der Waals surface area contributed by atoms with E-state index in [2.05, 4.69) is 20.7 Å². The van der Waals surface area contributed by atoms with Gasteiger partial charge in [-0.1, -0.05) is 12.1 Å². The predicted molar refractivity (Wildman–Crippen MR) is 118 cm³/mol. The Balaban J connectivity index is 0.00000420. The third-order valence-electron chi connectivity index (χ3n) is 3.78. The van der Waals surface area contributed by atoms with Gasteiger partial charge in [0.1, 0.15) is 5.75 Å². The molecular weight excluding hydrogens is 498 g/mol. The van der Waals surface area contributed by atoms with E-state index < -0.39 is 12.8 Å². The van der Waals surface area contributed by atoms with Crippen molar-refractivity contribution in [2.45, 2.75) is 39.5 Å². The number of nitrogens with one attached hydrogen (secondary N) is 2. The van der Waals surface area contributed by atoms with E-state index in [0.717, 1.165) is 18.5 Å². The lowest BCUT2D eigenvalue weighted by atomic mass is 10.1. The zero-order valence-electron chi connectivity index (χ0n) is 16.5. The van der Waals surface area contributed by atoms with Gasteiger partial charge in [-0.2, -0.15) is 18.3 Å². The summed E-state index contributed by atoms with van der Waals surface area (Å²) >= 11 is 0.